The van der Waals surface area contributed by atoms with Gasteiger partial charge in [-0.3, -0.25) is 9.36 Å². The van der Waals surface area contributed by atoms with E-state index in [0.717, 1.165) is 36.3 Å². The van der Waals surface area contributed by atoms with Crippen LogP contribution in [0, 0.1) is 0 Å². The maximum Gasteiger partial charge on any atom is 0.271 e. The van der Waals surface area contributed by atoms with E-state index in [2.05, 4.69) is 29.3 Å². The Kier molecular flexibility index (Phi) is 5.07. The van der Waals surface area contributed by atoms with Crippen LogP contribution in [-0.4, -0.2) is 48.2 Å². The second-order valence-electron chi connectivity index (χ2n) is 4.78. The minimum atomic E-state index is 0.0649. The molecule has 0 saturated heterocycles. The average molecular weight is 280 g/mol. The topological polar surface area (TPSA) is 50.2 Å². The zero-order valence-corrected chi connectivity index (χ0v) is 12.2. The van der Waals surface area contributed by atoms with E-state index in [0.29, 0.717) is 6.54 Å². The molecule has 104 valence electrons. The molecule has 19 heavy (non-hydrogen) atoms. The van der Waals surface area contributed by atoms with E-state index in [9.17, 15) is 4.79 Å². The van der Waals surface area contributed by atoms with Gasteiger partial charge in [-0.25, -0.2) is 4.98 Å². The zero-order chi connectivity index (χ0) is 13.7. The number of thiophene rings is 1. The third-order valence-electron chi connectivity index (χ3n) is 2.92. The molecule has 0 aromatic carbocycles. The van der Waals surface area contributed by atoms with Crippen LogP contribution in [0.25, 0.3) is 10.2 Å². The molecule has 0 unspecified atom stereocenters. The summed E-state index contributed by atoms with van der Waals surface area (Å²) in [6, 6.07) is 1.88. The van der Waals surface area contributed by atoms with Crippen LogP contribution in [0.3, 0.4) is 0 Å². The minimum Gasteiger partial charge on any atom is -0.315 e. The maximum atomic E-state index is 12.1. The molecule has 0 aliphatic heterocycles. The van der Waals surface area contributed by atoms with Gasteiger partial charge in [0.05, 0.1) is 11.8 Å². The molecule has 0 aliphatic carbocycles. The lowest BCUT2D eigenvalue weighted by Gasteiger charge is -2.10. The minimum absolute atomic E-state index is 0.0649. The van der Waals surface area contributed by atoms with E-state index >= 15 is 0 Å². The van der Waals surface area contributed by atoms with Crippen LogP contribution in [0.5, 0.6) is 0 Å². The molecule has 1 N–H and O–H groups in total. The lowest BCUT2D eigenvalue weighted by Crippen LogP contribution is -2.28. The maximum absolute atomic E-state index is 12.1. The van der Waals surface area contributed by atoms with Crippen molar-refractivity contribution >= 4 is 21.6 Å². The van der Waals surface area contributed by atoms with Gasteiger partial charge in [-0.1, -0.05) is 0 Å². The highest BCUT2D eigenvalue weighted by Crippen LogP contribution is 2.12. The van der Waals surface area contributed by atoms with Gasteiger partial charge in [0.25, 0.3) is 5.56 Å². The third-order valence-corrected chi connectivity index (χ3v) is 3.82. The highest BCUT2D eigenvalue weighted by molar-refractivity contribution is 7.17. The first-order valence-electron chi connectivity index (χ1n) is 6.46. The largest absolute Gasteiger partial charge is 0.315 e. The van der Waals surface area contributed by atoms with Gasteiger partial charge in [0, 0.05) is 13.1 Å². The first-order valence-corrected chi connectivity index (χ1v) is 7.34. The fraction of sp³-hybridized carbons (Fsp3) is 0.538. The molecular weight excluding hydrogens is 260 g/mol. The molecule has 2 rings (SSSR count). The standard InChI is InChI=1S/C13H20N4OS/c1-16(2)7-3-5-14-6-8-17-10-15-11-4-9-19-12(11)13(17)18/h4,9-10,14H,3,5-8H2,1-2H3. The summed E-state index contributed by atoms with van der Waals surface area (Å²) in [4.78, 5) is 18.5. The van der Waals surface area contributed by atoms with Crippen LogP contribution in [0.4, 0.5) is 0 Å². The summed E-state index contributed by atoms with van der Waals surface area (Å²) in [7, 11) is 4.14. The van der Waals surface area contributed by atoms with Crippen molar-refractivity contribution < 1.29 is 0 Å². The Balaban J connectivity index is 1.81. The van der Waals surface area contributed by atoms with Crippen molar-refractivity contribution in [2.75, 3.05) is 33.7 Å². The fourth-order valence-corrected chi connectivity index (χ4v) is 2.68. The smallest absolute Gasteiger partial charge is 0.271 e. The number of nitrogens with one attached hydrogen (secondary N) is 1. The summed E-state index contributed by atoms with van der Waals surface area (Å²) < 4.78 is 2.42. The van der Waals surface area contributed by atoms with Crippen molar-refractivity contribution in [1.82, 2.24) is 19.8 Å². The second kappa shape index (κ2) is 6.79. The number of fused-ring (bicyclic) bond motifs is 1. The number of nitrogens with zero attached hydrogens (tertiary/aromatic N) is 3. The predicted octanol–water partition coefficient (Wildman–Crippen LogP) is 0.999. The predicted molar refractivity (Wildman–Crippen MR) is 79.9 cm³/mol. The van der Waals surface area contributed by atoms with Gasteiger partial charge in [0.2, 0.25) is 0 Å². The summed E-state index contributed by atoms with van der Waals surface area (Å²) in [6.45, 7) is 3.52. The van der Waals surface area contributed by atoms with Gasteiger partial charge in [0.15, 0.2) is 0 Å². The summed E-state index contributed by atoms with van der Waals surface area (Å²) in [5.41, 5.74) is 0.861. The first kappa shape index (κ1) is 14.2. The number of aromatic nitrogens is 2. The van der Waals surface area contributed by atoms with Gasteiger partial charge in [-0.05, 0) is 45.1 Å². The van der Waals surface area contributed by atoms with Gasteiger partial charge >= 0.3 is 0 Å². The molecule has 2 aromatic heterocycles. The Morgan fingerprint density at radius 1 is 1.42 bits per heavy atom. The molecule has 0 saturated carbocycles. The molecule has 0 aliphatic rings. The highest BCUT2D eigenvalue weighted by Gasteiger charge is 2.04. The van der Waals surface area contributed by atoms with E-state index in [1.807, 2.05) is 11.4 Å². The van der Waals surface area contributed by atoms with Crippen LogP contribution in [0.1, 0.15) is 6.42 Å². The molecule has 0 radical (unpaired) electrons. The Bertz CT molecular complexity index is 575. The number of rotatable bonds is 7. The van der Waals surface area contributed by atoms with E-state index < -0.39 is 0 Å². The van der Waals surface area contributed by atoms with Gasteiger partial charge in [-0.2, -0.15) is 0 Å². The molecule has 0 spiro atoms. The third kappa shape index (κ3) is 3.86. The molecule has 5 nitrogen and oxygen atoms in total. The molecule has 2 heterocycles. The molecule has 0 amide bonds. The Hall–Kier alpha value is -1.24. The lowest BCUT2D eigenvalue weighted by atomic mass is 10.4. The van der Waals surface area contributed by atoms with Crippen molar-refractivity contribution in [3.63, 3.8) is 0 Å². The lowest BCUT2D eigenvalue weighted by molar-refractivity contribution is 0.393. The van der Waals surface area contributed by atoms with Gasteiger partial charge in [0.1, 0.15) is 4.70 Å². The van der Waals surface area contributed by atoms with Crippen molar-refractivity contribution in [2.45, 2.75) is 13.0 Å². The van der Waals surface area contributed by atoms with Crippen LogP contribution in [-0.2, 0) is 6.54 Å². The van der Waals surface area contributed by atoms with E-state index in [-0.39, 0.29) is 5.56 Å². The first-order chi connectivity index (χ1) is 9.18. The molecule has 6 heteroatoms. The van der Waals surface area contributed by atoms with Gasteiger partial charge in [-0.15, -0.1) is 11.3 Å². The molecule has 0 atom stereocenters. The Labute approximate surface area is 116 Å². The van der Waals surface area contributed by atoms with Crippen LogP contribution in [0.15, 0.2) is 22.6 Å². The summed E-state index contributed by atoms with van der Waals surface area (Å²) in [5.74, 6) is 0. The van der Waals surface area contributed by atoms with E-state index in [1.165, 1.54) is 11.3 Å². The highest BCUT2D eigenvalue weighted by atomic mass is 32.1. The van der Waals surface area contributed by atoms with Crippen LogP contribution < -0.4 is 10.9 Å². The summed E-state index contributed by atoms with van der Waals surface area (Å²) >= 11 is 1.46. The quantitative estimate of drug-likeness (QED) is 0.769. The average Bonchev–Trinajstić information content (AvgIpc) is 2.84. The van der Waals surface area contributed by atoms with Crippen molar-refractivity contribution in [1.29, 1.82) is 0 Å². The fourth-order valence-electron chi connectivity index (χ4n) is 1.88. The van der Waals surface area contributed by atoms with Crippen LogP contribution in [0.2, 0.25) is 0 Å². The number of hydrogen-bond donors (Lipinski definition) is 1. The van der Waals surface area contributed by atoms with Crippen LogP contribution >= 0.6 is 11.3 Å². The molecular formula is C13H20N4OS. The Morgan fingerprint density at radius 3 is 3.05 bits per heavy atom. The van der Waals surface area contributed by atoms with E-state index in [1.54, 1.807) is 10.9 Å². The SMILES string of the molecule is CN(C)CCCNCCn1cnc2ccsc2c1=O. The van der Waals surface area contributed by atoms with Crippen molar-refractivity contribution in [3.05, 3.63) is 28.1 Å². The van der Waals surface area contributed by atoms with E-state index in [4.69, 9.17) is 0 Å². The summed E-state index contributed by atoms with van der Waals surface area (Å²) in [6.07, 6.45) is 2.75. The molecule has 0 fully saturated rings. The zero-order valence-electron chi connectivity index (χ0n) is 11.4. The summed E-state index contributed by atoms with van der Waals surface area (Å²) in [5, 5.41) is 5.25. The molecule has 2 aromatic rings. The normalized spacial score (nSPS) is 11.5. The van der Waals surface area contributed by atoms with Crippen molar-refractivity contribution in [3.8, 4) is 0 Å². The number of hydrogen-bond acceptors (Lipinski definition) is 5. The Morgan fingerprint density at radius 2 is 2.26 bits per heavy atom. The van der Waals surface area contributed by atoms with Crippen molar-refractivity contribution in [2.24, 2.45) is 0 Å². The van der Waals surface area contributed by atoms with Gasteiger partial charge < -0.3 is 10.2 Å². The molecule has 0 bridgehead atoms. The monoisotopic (exact) mass is 280 g/mol. The second-order valence-corrected chi connectivity index (χ2v) is 5.70.